The Labute approximate surface area is 191 Å². The lowest BCUT2D eigenvalue weighted by atomic mass is 10.0. The molecule has 6 nitrogen and oxygen atoms in total. The number of nitrogens with one attached hydrogen (secondary N) is 1. The summed E-state index contributed by atoms with van der Waals surface area (Å²) in [4.78, 5) is 12.4. The Hall–Kier alpha value is -2.77. The molecule has 0 aliphatic rings. The second-order valence-corrected chi connectivity index (χ2v) is 8.53. The number of carbonyl (C=O) groups excluding carboxylic acids is 1. The van der Waals surface area contributed by atoms with Crippen LogP contribution in [0.1, 0.15) is 31.2 Å². The zero-order chi connectivity index (χ0) is 22.2. The molecule has 0 spiro atoms. The number of rotatable bonds is 10. The summed E-state index contributed by atoms with van der Waals surface area (Å²) in [5.41, 5.74) is 2.01. The number of hydrogen-bond acceptors (Lipinski definition) is 5. The van der Waals surface area contributed by atoms with Gasteiger partial charge in [0.05, 0.1) is 5.75 Å². The summed E-state index contributed by atoms with van der Waals surface area (Å²) in [6, 6.07) is 15.0. The Kier molecular flexibility index (Phi) is 8.14. The Morgan fingerprint density at radius 3 is 2.55 bits per heavy atom. The van der Waals surface area contributed by atoms with Gasteiger partial charge < -0.3 is 10.1 Å². The Morgan fingerprint density at radius 2 is 1.90 bits per heavy atom. The summed E-state index contributed by atoms with van der Waals surface area (Å²) < 4.78 is 7.66. The maximum atomic E-state index is 12.4. The van der Waals surface area contributed by atoms with Gasteiger partial charge in [0.1, 0.15) is 12.4 Å². The first-order valence-electron chi connectivity index (χ1n) is 9.90. The zero-order valence-electron chi connectivity index (χ0n) is 17.5. The fourth-order valence-corrected chi connectivity index (χ4v) is 3.69. The predicted octanol–water partition coefficient (Wildman–Crippen LogP) is 5.55. The standard InChI is InChI=1S/C23H25ClN4O2S/c1-4-13-28-21(14-30-20-11-7-18(24)8-12-20)26-27-23(28)31-15-22(29)25-19-9-5-17(6-10-19)16(2)3/h4-12,16H,1,13-15H2,2-3H3,(H,25,29). The molecule has 1 N–H and O–H groups in total. The van der Waals surface area contributed by atoms with Crippen LogP contribution in [-0.4, -0.2) is 26.4 Å². The molecule has 0 unspecified atom stereocenters. The van der Waals surface area contributed by atoms with Crippen molar-refractivity contribution in [3.63, 3.8) is 0 Å². The monoisotopic (exact) mass is 456 g/mol. The van der Waals surface area contributed by atoms with Crippen LogP contribution in [0.4, 0.5) is 5.69 Å². The molecule has 3 rings (SSSR count). The van der Waals surface area contributed by atoms with Crippen molar-refractivity contribution in [1.82, 2.24) is 14.8 Å². The van der Waals surface area contributed by atoms with Gasteiger partial charge in [0, 0.05) is 17.3 Å². The number of nitrogens with zero attached hydrogens (tertiary/aromatic N) is 3. The number of hydrogen-bond donors (Lipinski definition) is 1. The number of carbonyl (C=O) groups is 1. The van der Waals surface area contributed by atoms with E-state index < -0.39 is 0 Å². The number of amides is 1. The van der Waals surface area contributed by atoms with Crippen molar-refractivity contribution in [3.8, 4) is 5.75 Å². The third-order valence-electron chi connectivity index (χ3n) is 4.48. The number of halogens is 1. The smallest absolute Gasteiger partial charge is 0.234 e. The molecule has 3 aromatic rings. The van der Waals surface area contributed by atoms with E-state index in [0.29, 0.717) is 34.2 Å². The van der Waals surface area contributed by atoms with Gasteiger partial charge in [-0.05, 0) is 47.9 Å². The van der Waals surface area contributed by atoms with Gasteiger partial charge in [0.25, 0.3) is 0 Å². The van der Waals surface area contributed by atoms with Crippen LogP contribution >= 0.6 is 23.4 Å². The van der Waals surface area contributed by atoms with Gasteiger partial charge in [-0.25, -0.2) is 0 Å². The Balaban J connectivity index is 1.58. The van der Waals surface area contributed by atoms with E-state index in [2.05, 4.69) is 35.9 Å². The van der Waals surface area contributed by atoms with Crippen LogP contribution < -0.4 is 10.1 Å². The normalized spacial score (nSPS) is 10.8. The molecule has 0 saturated carbocycles. The molecule has 1 aromatic heterocycles. The Bertz CT molecular complexity index is 1020. The van der Waals surface area contributed by atoms with Gasteiger partial charge in [0.2, 0.25) is 5.91 Å². The van der Waals surface area contributed by atoms with Crippen molar-refractivity contribution in [2.75, 3.05) is 11.1 Å². The van der Waals surface area contributed by atoms with E-state index in [-0.39, 0.29) is 18.3 Å². The van der Waals surface area contributed by atoms with E-state index in [1.807, 2.05) is 28.8 Å². The van der Waals surface area contributed by atoms with Crippen LogP contribution in [0.2, 0.25) is 5.02 Å². The minimum absolute atomic E-state index is 0.102. The van der Waals surface area contributed by atoms with Crippen molar-refractivity contribution in [2.24, 2.45) is 0 Å². The molecule has 0 aliphatic carbocycles. The van der Waals surface area contributed by atoms with Gasteiger partial charge in [-0.1, -0.05) is 55.4 Å². The second kappa shape index (κ2) is 11.0. The summed E-state index contributed by atoms with van der Waals surface area (Å²) in [6.07, 6.45) is 1.76. The first-order valence-corrected chi connectivity index (χ1v) is 11.3. The fourth-order valence-electron chi connectivity index (χ4n) is 2.80. The molecule has 2 aromatic carbocycles. The Morgan fingerprint density at radius 1 is 1.19 bits per heavy atom. The summed E-state index contributed by atoms with van der Waals surface area (Å²) in [7, 11) is 0. The molecule has 0 atom stereocenters. The average Bonchev–Trinajstić information content (AvgIpc) is 3.14. The van der Waals surface area contributed by atoms with Crippen LogP contribution in [0.15, 0.2) is 66.3 Å². The molecule has 1 amide bonds. The number of thioether (sulfide) groups is 1. The third kappa shape index (κ3) is 6.60. The molecular weight excluding hydrogens is 432 g/mol. The lowest BCUT2D eigenvalue weighted by molar-refractivity contribution is -0.113. The molecule has 0 bridgehead atoms. The maximum Gasteiger partial charge on any atom is 0.234 e. The first-order chi connectivity index (χ1) is 15.0. The molecular formula is C23H25ClN4O2S. The minimum atomic E-state index is -0.102. The number of aromatic nitrogens is 3. The SMILES string of the molecule is C=CCn1c(COc2ccc(Cl)cc2)nnc1SCC(=O)Nc1ccc(C(C)C)cc1. The lowest BCUT2D eigenvalue weighted by Gasteiger charge is -2.10. The van der Waals surface area contributed by atoms with Gasteiger partial charge >= 0.3 is 0 Å². The van der Waals surface area contributed by atoms with E-state index in [1.54, 1.807) is 30.3 Å². The highest BCUT2D eigenvalue weighted by molar-refractivity contribution is 7.99. The molecule has 8 heteroatoms. The van der Waals surface area contributed by atoms with E-state index >= 15 is 0 Å². The largest absolute Gasteiger partial charge is 0.486 e. The van der Waals surface area contributed by atoms with Crippen molar-refractivity contribution in [2.45, 2.75) is 38.1 Å². The average molecular weight is 457 g/mol. The van der Waals surface area contributed by atoms with Crippen LogP contribution in [0, 0.1) is 0 Å². The fraction of sp³-hybridized carbons (Fsp3) is 0.261. The van der Waals surface area contributed by atoms with Crippen molar-refractivity contribution in [3.05, 3.63) is 77.6 Å². The van der Waals surface area contributed by atoms with Crippen LogP contribution in [0.3, 0.4) is 0 Å². The number of anilines is 1. The quantitative estimate of drug-likeness (QED) is 0.320. The van der Waals surface area contributed by atoms with Crippen LogP contribution in [0.5, 0.6) is 5.75 Å². The van der Waals surface area contributed by atoms with Crippen LogP contribution in [-0.2, 0) is 17.9 Å². The summed E-state index contributed by atoms with van der Waals surface area (Å²) in [6.45, 7) is 8.84. The summed E-state index contributed by atoms with van der Waals surface area (Å²) >= 11 is 7.22. The van der Waals surface area contributed by atoms with E-state index in [4.69, 9.17) is 16.3 Å². The van der Waals surface area contributed by atoms with Gasteiger partial charge in [-0.15, -0.1) is 16.8 Å². The van der Waals surface area contributed by atoms with Gasteiger partial charge in [-0.3, -0.25) is 9.36 Å². The third-order valence-corrected chi connectivity index (χ3v) is 5.70. The number of ether oxygens (including phenoxy) is 1. The lowest BCUT2D eigenvalue weighted by Crippen LogP contribution is -2.15. The minimum Gasteiger partial charge on any atom is -0.486 e. The summed E-state index contributed by atoms with van der Waals surface area (Å²) in [5.74, 6) is 1.92. The molecule has 162 valence electrons. The molecule has 0 saturated heterocycles. The van der Waals surface area contributed by atoms with E-state index in [9.17, 15) is 4.79 Å². The van der Waals surface area contributed by atoms with Crippen molar-refractivity contribution >= 4 is 35.0 Å². The second-order valence-electron chi connectivity index (χ2n) is 7.15. The highest BCUT2D eigenvalue weighted by Gasteiger charge is 2.14. The topological polar surface area (TPSA) is 69.0 Å². The zero-order valence-corrected chi connectivity index (χ0v) is 19.1. The highest BCUT2D eigenvalue weighted by Crippen LogP contribution is 2.21. The molecule has 0 aliphatic heterocycles. The highest BCUT2D eigenvalue weighted by atomic mass is 35.5. The number of benzene rings is 2. The van der Waals surface area contributed by atoms with Crippen LogP contribution in [0.25, 0.3) is 0 Å². The molecule has 0 fully saturated rings. The number of allylic oxidation sites excluding steroid dienone is 1. The van der Waals surface area contributed by atoms with Crippen molar-refractivity contribution in [1.29, 1.82) is 0 Å². The summed E-state index contributed by atoms with van der Waals surface area (Å²) in [5, 5.41) is 12.6. The van der Waals surface area contributed by atoms with Gasteiger partial charge in [0.15, 0.2) is 11.0 Å². The van der Waals surface area contributed by atoms with Crippen molar-refractivity contribution < 1.29 is 9.53 Å². The predicted molar refractivity (Wildman–Crippen MR) is 126 cm³/mol. The van der Waals surface area contributed by atoms with E-state index in [0.717, 1.165) is 5.69 Å². The van der Waals surface area contributed by atoms with Gasteiger partial charge in [-0.2, -0.15) is 0 Å². The maximum absolute atomic E-state index is 12.4. The first kappa shape index (κ1) is 22.9. The van der Waals surface area contributed by atoms with E-state index in [1.165, 1.54) is 17.3 Å². The molecule has 1 heterocycles. The molecule has 0 radical (unpaired) electrons. The molecule has 31 heavy (non-hydrogen) atoms.